The number of hydrogen-bond donors (Lipinski definition) is 3. The second-order valence-electron chi connectivity index (χ2n) is 2.46. The molecule has 0 aliphatic rings. The zero-order chi connectivity index (χ0) is 11.9. The monoisotopic (exact) mass is 230 g/mol. The normalized spacial score (nSPS) is 9.73. The number of nitriles is 1. The Morgan fingerprint density at radius 1 is 1.27 bits per heavy atom. The lowest BCUT2D eigenvalue weighted by atomic mass is 10.1. The van der Waals surface area contributed by atoms with Crippen molar-refractivity contribution in [2.75, 3.05) is 0 Å². The maximum absolute atomic E-state index is 8.74. The van der Waals surface area contributed by atoms with Crippen LogP contribution in [0.5, 0.6) is 0 Å². The maximum Gasteiger partial charge on any atom is 0.394 e. The fourth-order valence-corrected chi connectivity index (χ4v) is 0.715. The molecule has 0 aliphatic carbocycles. The predicted molar refractivity (Wildman–Crippen MR) is 53.2 cm³/mol. The summed E-state index contributed by atoms with van der Waals surface area (Å²) in [5, 5.41) is 8.42. The molecule has 7 heteroatoms. The maximum atomic E-state index is 8.74. The molecule has 0 bridgehead atoms. The first kappa shape index (κ1) is 13.5. The summed E-state index contributed by atoms with van der Waals surface area (Å²) >= 11 is 0. The first-order valence-corrected chi connectivity index (χ1v) is 5.15. The highest BCUT2D eigenvalue weighted by Crippen LogP contribution is 2.01. The Kier molecular flexibility index (Phi) is 5.51. The molecule has 0 amide bonds. The van der Waals surface area contributed by atoms with E-state index in [2.05, 4.69) is 0 Å². The third-order valence-corrected chi connectivity index (χ3v) is 1.32. The summed E-state index contributed by atoms with van der Waals surface area (Å²) in [7, 11) is -4.67. The number of benzene rings is 1. The average molecular weight is 230 g/mol. The van der Waals surface area contributed by atoms with Crippen molar-refractivity contribution in [3.63, 3.8) is 0 Å². The first-order chi connectivity index (χ1) is 6.86. The first-order valence-electron chi connectivity index (χ1n) is 3.76. The number of rotatable bonds is 1. The van der Waals surface area contributed by atoms with Crippen LogP contribution in [0.2, 0.25) is 0 Å². The molecule has 1 aromatic rings. The molecular formula is C8H10N2O4S. The Labute approximate surface area is 87.5 Å². The van der Waals surface area contributed by atoms with Crippen LogP contribution in [-0.2, 0) is 16.9 Å². The molecule has 0 spiro atoms. The van der Waals surface area contributed by atoms with Crippen molar-refractivity contribution in [3.8, 4) is 6.07 Å². The second-order valence-corrected chi connectivity index (χ2v) is 3.36. The molecule has 15 heavy (non-hydrogen) atoms. The lowest BCUT2D eigenvalue weighted by Gasteiger charge is -1.93. The molecule has 4 N–H and O–H groups in total. The van der Waals surface area contributed by atoms with Gasteiger partial charge in [-0.1, -0.05) is 12.1 Å². The molecule has 0 radical (unpaired) electrons. The smallest absolute Gasteiger partial charge is 0.326 e. The molecule has 6 nitrogen and oxygen atoms in total. The van der Waals surface area contributed by atoms with Gasteiger partial charge in [0, 0.05) is 6.54 Å². The Morgan fingerprint density at radius 2 is 1.67 bits per heavy atom. The van der Waals surface area contributed by atoms with Gasteiger partial charge in [0.1, 0.15) is 0 Å². The summed E-state index contributed by atoms with van der Waals surface area (Å²) in [5.41, 5.74) is 7.09. The van der Waals surface area contributed by atoms with E-state index in [1.165, 1.54) is 0 Å². The zero-order valence-corrected chi connectivity index (χ0v) is 8.48. The van der Waals surface area contributed by atoms with E-state index in [-0.39, 0.29) is 0 Å². The lowest BCUT2D eigenvalue weighted by Crippen LogP contribution is -1.94. The van der Waals surface area contributed by atoms with E-state index in [4.69, 9.17) is 28.5 Å². The molecule has 0 saturated heterocycles. The summed E-state index contributed by atoms with van der Waals surface area (Å²) in [6.07, 6.45) is 0. The van der Waals surface area contributed by atoms with Crippen LogP contribution in [0.1, 0.15) is 11.1 Å². The van der Waals surface area contributed by atoms with Crippen LogP contribution < -0.4 is 5.73 Å². The second kappa shape index (κ2) is 6.10. The van der Waals surface area contributed by atoms with E-state index in [0.717, 1.165) is 5.56 Å². The lowest BCUT2D eigenvalue weighted by molar-refractivity contribution is 0.381. The Balaban J connectivity index is 0.000000336. The van der Waals surface area contributed by atoms with Crippen LogP contribution in [0.3, 0.4) is 0 Å². The highest BCUT2D eigenvalue weighted by atomic mass is 32.3. The molecule has 0 unspecified atom stereocenters. The minimum Gasteiger partial charge on any atom is -0.326 e. The standard InChI is InChI=1S/C8H8N2.H2O4S/c9-5-7-1-2-8(6-10)4-3-7;1-5(2,3)4/h1-4H,5,9H2;(H2,1,2,3,4). The summed E-state index contributed by atoms with van der Waals surface area (Å²) in [4.78, 5) is 0. The number of nitrogens with zero attached hydrogens (tertiary/aromatic N) is 1. The molecule has 0 saturated carbocycles. The van der Waals surface area contributed by atoms with Gasteiger partial charge in [-0.15, -0.1) is 0 Å². The summed E-state index contributed by atoms with van der Waals surface area (Å²) < 4.78 is 31.6. The number of hydrogen-bond acceptors (Lipinski definition) is 4. The van der Waals surface area contributed by atoms with Crippen molar-refractivity contribution < 1.29 is 17.5 Å². The third-order valence-electron chi connectivity index (χ3n) is 1.32. The Hall–Kier alpha value is -1.46. The van der Waals surface area contributed by atoms with Gasteiger partial charge in [0.05, 0.1) is 11.6 Å². The van der Waals surface area contributed by atoms with Gasteiger partial charge < -0.3 is 5.73 Å². The van der Waals surface area contributed by atoms with E-state index in [9.17, 15) is 0 Å². The van der Waals surface area contributed by atoms with Crippen molar-refractivity contribution in [1.82, 2.24) is 0 Å². The third kappa shape index (κ3) is 8.86. The van der Waals surface area contributed by atoms with Crippen molar-refractivity contribution in [1.29, 1.82) is 5.26 Å². The highest BCUT2D eigenvalue weighted by molar-refractivity contribution is 7.79. The van der Waals surface area contributed by atoms with Gasteiger partial charge in [-0.05, 0) is 17.7 Å². The highest BCUT2D eigenvalue weighted by Gasteiger charge is 1.88. The van der Waals surface area contributed by atoms with Crippen molar-refractivity contribution in [2.24, 2.45) is 5.73 Å². The van der Waals surface area contributed by atoms with Gasteiger partial charge in [-0.25, -0.2) is 0 Å². The molecule has 0 fully saturated rings. The van der Waals surface area contributed by atoms with E-state index in [1.54, 1.807) is 12.1 Å². The van der Waals surface area contributed by atoms with E-state index in [1.807, 2.05) is 18.2 Å². The molecular weight excluding hydrogens is 220 g/mol. The molecule has 0 aromatic heterocycles. The van der Waals surface area contributed by atoms with Gasteiger partial charge >= 0.3 is 10.4 Å². The fourth-order valence-electron chi connectivity index (χ4n) is 0.715. The molecule has 82 valence electrons. The van der Waals surface area contributed by atoms with Crippen molar-refractivity contribution in [2.45, 2.75) is 6.54 Å². The predicted octanol–water partition coefficient (Wildman–Crippen LogP) is 0.364. The Morgan fingerprint density at radius 3 is 1.93 bits per heavy atom. The van der Waals surface area contributed by atoms with E-state index < -0.39 is 10.4 Å². The molecule has 1 rings (SSSR count). The van der Waals surface area contributed by atoms with Crippen LogP contribution in [-0.4, -0.2) is 17.5 Å². The molecule has 0 atom stereocenters. The number of nitrogens with two attached hydrogens (primary N) is 1. The Bertz CT molecular complexity index is 425. The molecule has 0 aliphatic heterocycles. The topological polar surface area (TPSA) is 124 Å². The minimum absolute atomic E-state index is 0.533. The summed E-state index contributed by atoms with van der Waals surface area (Å²) in [6, 6.07) is 9.29. The van der Waals surface area contributed by atoms with Crippen molar-refractivity contribution >= 4 is 10.4 Å². The van der Waals surface area contributed by atoms with Gasteiger partial charge in [-0.2, -0.15) is 13.7 Å². The summed E-state index contributed by atoms with van der Waals surface area (Å²) in [6.45, 7) is 0.533. The molecule has 0 heterocycles. The van der Waals surface area contributed by atoms with Crippen LogP contribution in [0.25, 0.3) is 0 Å². The van der Waals surface area contributed by atoms with Crippen molar-refractivity contribution in [3.05, 3.63) is 35.4 Å². The van der Waals surface area contributed by atoms with E-state index >= 15 is 0 Å². The largest absolute Gasteiger partial charge is 0.394 e. The average Bonchev–Trinajstić information content (AvgIpc) is 2.15. The van der Waals surface area contributed by atoms with E-state index in [0.29, 0.717) is 12.1 Å². The summed E-state index contributed by atoms with van der Waals surface area (Å²) in [5.74, 6) is 0. The fraction of sp³-hybridized carbons (Fsp3) is 0.125. The van der Waals surface area contributed by atoms with Crippen LogP contribution in [0, 0.1) is 11.3 Å². The van der Waals surface area contributed by atoms with Crippen LogP contribution in [0.15, 0.2) is 24.3 Å². The van der Waals surface area contributed by atoms with Crippen LogP contribution in [0.4, 0.5) is 0 Å². The SMILES string of the molecule is N#Cc1ccc(CN)cc1.O=S(=O)(O)O. The minimum atomic E-state index is -4.67. The van der Waals surface area contributed by atoms with Gasteiger partial charge in [-0.3, -0.25) is 9.11 Å². The quantitative estimate of drug-likeness (QED) is 0.598. The van der Waals surface area contributed by atoms with Gasteiger partial charge in [0.2, 0.25) is 0 Å². The van der Waals surface area contributed by atoms with Crippen LogP contribution >= 0.6 is 0 Å². The van der Waals surface area contributed by atoms with Gasteiger partial charge in [0.15, 0.2) is 0 Å². The molecule has 1 aromatic carbocycles. The zero-order valence-electron chi connectivity index (χ0n) is 7.66. The van der Waals surface area contributed by atoms with Gasteiger partial charge in [0.25, 0.3) is 0 Å².